The fourth-order valence-corrected chi connectivity index (χ4v) is 2.53. The summed E-state index contributed by atoms with van der Waals surface area (Å²) in [5, 5.41) is 0. The molecule has 126 valence electrons. The zero-order valence-electron chi connectivity index (χ0n) is 11.8. The van der Waals surface area contributed by atoms with E-state index in [2.05, 4.69) is 0 Å². The Kier molecular flexibility index (Phi) is 4.86. The lowest BCUT2D eigenvalue weighted by Gasteiger charge is -2.32. The summed E-state index contributed by atoms with van der Waals surface area (Å²) in [4.78, 5) is 23.9. The van der Waals surface area contributed by atoms with Crippen LogP contribution < -0.4 is 5.73 Å². The Morgan fingerprint density at radius 3 is 2.17 bits per heavy atom. The van der Waals surface area contributed by atoms with Crippen LogP contribution in [0.4, 0.5) is 22.0 Å². The smallest absolute Gasteiger partial charge is 0.257 e. The van der Waals surface area contributed by atoms with Crippen molar-refractivity contribution in [1.29, 1.82) is 0 Å². The van der Waals surface area contributed by atoms with Gasteiger partial charge in [0.25, 0.3) is 11.8 Å². The van der Waals surface area contributed by atoms with Gasteiger partial charge in [0.1, 0.15) is 0 Å². The molecule has 1 unspecified atom stereocenters. The Bertz CT molecular complexity index is 645. The molecule has 23 heavy (non-hydrogen) atoms. The van der Waals surface area contributed by atoms with E-state index in [1.54, 1.807) is 0 Å². The number of hydrogen-bond donors (Lipinski definition) is 1. The lowest BCUT2D eigenvalue weighted by molar-refractivity contribution is -0.125. The first-order valence-corrected chi connectivity index (χ1v) is 6.79. The molecule has 1 aliphatic heterocycles. The second-order valence-corrected chi connectivity index (χ2v) is 5.28. The van der Waals surface area contributed by atoms with Gasteiger partial charge in [0.15, 0.2) is 29.4 Å². The number of rotatable bonds is 3. The number of piperidine rings is 1. The fraction of sp³-hybridized carbons (Fsp3) is 0.429. The van der Waals surface area contributed by atoms with Crippen LogP contribution in [0.2, 0.25) is 0 Å². The van der Waals surface area contributed by atoms with E-state index in [0.29, 0.717) is 0 Å². The molecule has 1 saturated heterocycles. The molecule has 1 heterocycles. The third-order valence-corrected chi connectivity index (χ3v) is 3.85. The van der Waals surface area contributed by atoms with E-state index in [-0.39, 0.29) is 32.0 Å². The minimum absolute atomic E-state index is 0.0444. The van der Waals surface area contributed by atoms with Gasteiger partial charge in [0.2, 0.25) is 0 Å². The summed E-state index contributed by atoms with van der Waals surface area (Å²) in [5.41, 5.74) is 3.92. The van der Waals surface area contributed by atoms with Crippen molar-refractivity contribution in [3.8, 4) is 0 Å². The molecule has 1 aromatic rings. The van der Waals surface area contributed by atoms with E-state index < -0.39 is 52.7 Å². The number of nitrogens with two attached hydrogens (primary N) is 1. The van der Waals surface area contributed by atoms with Crippen molar-refractivity contribution < 1.29 is 31.5 Å². The van der Waals surface area contributed by atoms with Gasteiger partial charge in [-0.1, -0.05) is 0 Å². The molecule has 4 nitrogen and oxygen atoms in total. The predicted molar refractivity (Wildman–Crippen MR) is 69.0 cm³/mol. The topological polar surface area (TPSA) is 63.4 Å². The number of nitrogens with zero attached hydrogens (tertiary/aromatic N) is 1. The monoisotopic (exact) mass is 336 g/mol. The second-order valence-electron chi connectivity index (χ2n) is 5.28. The number of likely N-dealkylation sites (tertiary alicyclic amines) is 1. The number of primary amides is 1. The van der Waals surface area contributed by atoms with Crippen molar-refractivity contribution in [3.63, 3.8) is 0 Å². The highest BCUT2D eigenvalue weighted by atomic mass is 19.2. The highest BCUT2D eigenvalue weighted by molar-refractivity contribution is 5.94. The molecular weight excluding hydrogens is 323 g/mol. The number of halogens is 5. The molecular formula is C14H13F5N2O2. The van der Waals surface area contributed by atoms with Crippen LogP contribution in [0, 0.1) is 29.2 Å². The molecule has 0 aliphatic carbocycles. The molecule has 2 amide bonds. The van der Waals surface area contributed by atoms with Crippen LogP contribution in [0.3, 0.4) is 0 Å². The molecule has 0 spiro atoms. The Balaban J connectivity index is 2.13. The Hall–Kier alpha value is -2.19. The highest BCUT2D eigenvalue weighted by Crippen LogP contribution is 2.25. The fourth-order valence-electron chi connectivity index (χ4n) is 2.53. The average molecular weight is 336 g/mol. The zero-order chi connectivity index (χ0) is 17.3. The van der Waals surface area contributed by atoms with Crippen LogP contribution in [0.15, 0.2) is 6.07 Å². The lowest BCUT2D eigenvalue weighted by Crippen LogP contribution is -2.43. The molecule has 1 aromatic carbocycles. The van der Waals surface area contributed by atoms with Gasteiger partial charge in [-0.25, -0.2) is 22.0 Å². The van der Waals surface area contributed by atoms with E-state index >= 15 is 0 Å². The Labute approximate surface area is 128 Å². The number of alkyl halides is 1. The minimum atomic E-state index is -2.07. The second kappa shape index (κ2) is 6.51. The van der Waals surface area contributed by atoms with Crippen molar-refractivity contribution in [2.24, 2.45) is 11.7 Å². The standard InChI is InChI=1S/C14H13F5N2O2/c15-8-5-7(10(17)12(19)11(8)18)14(23)21-3-1-6(2-4-21)9(16)13(20)22/h5-6,9H,1-4H2,(H2,20,22). The maximum Gasteiger partial charge on any atom is 0.257 e. The van der Waals surface area contributed by atoms with Crippen molar-refractivity contribution in [2.75, 3.05) is 13.1 Å². The lowest BCUT2D eigenvalue weighted by atomic mass is 9.91. The average Bonchev–Trinajstić information content (AvgIpc) is 2.55. The molecule has 0 radical (unpaired) electrons. The van der Waals surface area contributed by atoms with Crippen LogP contribution in [0.1, 0.15) is 23.2 Å². The zero-order valence-corrected chi connectivity index (χ0v) is 11.8. The number of carbonyl (C=O) groups is 2. The van der Waals surface area contributed by atoms with Gasteiger partial charge in [-0.15, -0.1) is 0 Å². The first kappa shape index (κ1) is 17.2. The first-order valence-electron chi connectivity index (χ1n) is 6.79. The summed E-state index contributed by atoms with van der Waals surface area (Å²) in [7, 11) is 0. The van der Waals surface area contributed by atoms with Crippen molar-refractivity contribution in [3.05, 3.63) is 34.9 Å². The summed E-state index contributed by atoms with van der Waals surface area (Å²) in [6, 6.07) is 0.281. The van der Waals surface area contributed by atoms with Gasteiger partial charge >= 0.3 is 0 Å². The third kappa shape index (κ3) is 3.27. The van der Waals surface area contributed by atoms with Gasteiger partial charge < -0.3 is 10.6 Å². The van der Waals surface area contributed by atoms with E-state index in [9.17, 15) is 31.5 Å². The molecule has 1 aliphatic rings. The maximum atomic E-state index is 13.6. The summed E-state index contributed by atoms with van der Waals surface area (Å²) in [6.07, 6.45) is -1.68. The van der Waals surface area contributed by atoms with Crippen LogP contribution in [-0.4, -0.2) is 36.0 Å². The number of hydrogen-bond acceptors (Lipinski definition) is 2. The van der Waals surface area contributed by atoms with Gasteiger partial charge in [-0.3, -0.25) is 9.59 Å². The summed E-state index contributed by atoms with van der Waals surface area (Å²) in [6.45, 7) is -0.0888. The van der Waals surface area contributed by atoms with E-state index in [1.807, 2.05) is 0 Å². The molecule has 0 bridgehead atoms. The Morgan fingerprint density at radius 1 is 1.09 bits per heavy atom. The molecule has 0 aromatic heterocycles. The van der Waals surface area contributed by atoms with Gasteiger partial charge in [-0.2, -0.15) is 0 Å². The van der Waals surface area contributed by atoms with Crippen LogP contribution in [0.5, 0.6) is 0 Å². The van der Waals surface area contributed by atoms with Crippen LogP contribution in [0.25, 0.3) is 0 Å². The predicted octanol–water partition coefficient (Wildman–Crippen LogP) is 1.92. The maximum absolute atomic E-state index is 13.6. The Morgan fingerprint density at radius 2 is 1.65 bits per heavy atom. The van der Waals surface area contributed by atoms with E-state index in [0.717, 1.165) is 4.90 Å². The van der Waals surface area contributed by atoms with Gasteiger partial charge in [0.05, 0.1) is 5.56 Å². The largest absolute Gasteiger partial charge is 0.367 e. The highest BCUT2D eigenvalue weighted by Gasteiger charge is 2.33. The molecule has 0 saturated carbocycles. The molecule has 9 heteroatoms. The third-order valence-electron chi connectivity index (χ3n) is 3.85. The number of amides is 2. The molecule has 1 fully saturated rings. The number of carbonyl (C=O) groups excluding carboxylic acids is 2. The summed E-state index contributed by atoms with van der Waals surface area (Å²) in [5.74, 6) is -10.4. The molecule has 2 rings (SSSR count). The number of benzene rings is 1. The van der Waals surface area contributed by atoms with Gasteiger partial charge in [0, 0.05) is 19.0 Å². The summed E-state index contributed by atoms with van der Waals surface area (Å²) < 4.78 is 66.3. The summed E-state index contributed by atoms with van der Waals surface area (Å²) >= 11 is 0. The quantitative estimate of drug-likeness (QED) is 0.521. The normalized spacial score (nSPS) is 17.2. The van der Waals surface area contributed by atoms with Crippen LogP contribution >= 0.6 is 0 Å². The van der Waals surface area contributed by atoms with Gasteiger partial charge in [-0.05, 0) is 18.9 Å². The van der Waals surface area contributed by atoms with Crippen molar-refractivity contribution in [1.82, 2.24) is 4.90 Å². The minimum Gasteiger partial charge on any atom is -0.367 e. The SMILES string of the molecule is NC(=O)C(F)C1CCN(C(=O)c2cc(F)c(F)c(F)c2F)CC1. The van der Waals surface area contributed by atoms with E-state index in [4.69, 9.17) is 5.73 Å². The van der Waals surface area contributed by atoms with E-state index in [1.165, 1.54) is 0 Å². The molecule has 2 N–H and O–H groups in total. The van der Waals surface area contributed by atoms with Crippen molar-refractivity contribution >= 4 is 11.8 Å². The van der Waals surface area contributed by atoms with Crippen molar-refractivity contribution in [2.45, 2.75) is 19.0 Å². The van der Waals surface area contributed by atoms with Crippen LogP contribution in [-0.2, 0) is 4.79 Å². The first-order chi connectivity index (χ1) is 10.7. The molecule has 1 atom stereocenters.